The summed E-state index contributed by atoms with van der Waals surface area (Å²) in [6.07, 6.45) is 0.813. The van der Waals surface area contributed by atoms with Crippen LogP contribution in [0.3, 0.4) is 0 Å². The van der Waals surface area contributed by atoms with Crippen molar-refractivity contribution in [2.24, 2.45) is 0 Å². The first-order valence-electron chi connectivity index (χ1n) is 9.16. The van der Waals surface area contributed by atoms with Crippen molar-refractivity contribution < 1.29 is 17.6 Å². The van der Waals surface area contributed by atoms with Crippen LogP contribution in [0, 0.1) is 5.82 Å². The van der Waals surface area contributed by atoms with Crippen LogP contribution in [0.15, 0.2) is 71.6 Å². The molecule has 0 bridgehead atoms. The van der Waals surface area contributed by atoms with Crippen molar-refractivity contribution in [1.29, 1.82) is 0 Å². The van der Waals surface area contributed by atoms with E-state index in [2.05, 4.69) is 5.32 Å². The predicted molar refractivity (Wildman–Crippen MR) is 117 cm³/mol. The molecule has 0 saturated heterocycles. The molecule has 3 rings (SSSR count). The number of amides is 1. The number of carbonyl (C=O) groups excluding carboxylic acids is 1. The molecule has 0 heterocycles. The monoisotopic (exact) mass is 446 g/mol. The smallest absolute Gasteiger partial charge is 0.264 e. The van der Waals surface area contributed by atoms with Crippen molar-refractivity contribution in [1.82, 2.24) is 0 Å². The largest absolute Gasteiger partial charge is 0.322 e. The highest BCUT2D eigenvalue weighted by Gasteiger charge is 2.24. The van der Waals surface area contributed by atoms with E-state index in [-0.39, 0.29) is 21.2 Å². The molecule has 3 aromatic rings. The third-order valence-corrected chi connectivity index (χ3v) is 6.74. The molecule has 0 radical (unpaired) electrons. The van der Waals surface area contributed by atoms with E-state index in [4.69, 9.17) is 11.6 Å². The van der Waals surface area contributed by atoms with Gasteiger partial charge in [-0.15, -0.1) is 0 Å². The zero-order valence-electron chi connectivity index (χ0n) is 16.4. The molecule has 5 nitrogen and oxygen atoms in total. The number of hydrogen-bond acceptors (Lipinski definition) is 3. The average molecular weight is 447 g/mol. The molecule has 0 spiro atoms. The van der Waals surface area contributed by atoms with Gasteiger partial charge in [0.25, 0.3) is 15.9 Å². The van der Waals surface area contributed by atoms with Crippen LogP contribution in [0.1, 0.15) is 22.8 Å². The molecule has 1 amide bonds. The number of hydrogen-bond donors (Lipinski definition) is 1. The van der Waals surface area contributed by atoms with Gasteiger partial charge in [-0.05, 0) is 66.6 Å². The minimum Gasteiger partial charge on any atom is -0.322 e. The Kier molecular flexibility index (Phi) is 6.43. The zero-order valence-corrected chi connectivity index (χ0v) is 18.0. The summed E-state index contributed by atoms with van der Waals surface area (Å²) in [5.74, 6) is -0.989. The quantitative estimate of drug-likeness (QED) is 0.571. The van der Waals surface area contributed by atoms with Crippen molar-refractivity contribution >= 4 is 38.9 Å². The van der Waals surface area contributed by atoms with E-state index in [0.717, 1.165) is 16.3 Å². The second-order valence-electron chi connectivity index (χ2n) is 6.60. The molecule has 0 unspecified atom stereocenters. The first-order valence-corrected chi connectivity index (χ1v) is 11.0. The Morgan fingerprint density at radius 1 is 1.07 bits per heavy atom. The van der Waals surface area contributed by atoms with E-state index in [1.165, 1.54) is 49.5 Å². The molecule has 0 aromatic heterocycles. The van der Waals surface area contributed by atoms with Crippen LogP contribution in [-0.2, 0) is 16.4 Å². The minimum atomic E-state index is -3.99. The molecule has 0 atom stereocenters. The van der Waals surface area contributed by atoms with Gasteiger partial charge in [-0.1, -0.05) is 30.7 Å². The SMILES string of the molecule is CCc1cccc(NC(=O)c2cc(S(=O)(=O)N(C)c3ccc(F)cc3)ccc2Cl)c1. The van der Waals surface area contributed by atoms with Crippen LogP contribution < -0.4 is 9.62 Å². The zero-order chi connectivity index (χ0) is 21.9. The predicted octanol–water partition coefficient (Wildman–Crippen LogP) is 5.12. The van der Waals surface area contributed by atoms with Crippen LogP contribution in [-0.4, -0.2) is 21.4 Å². The van der Waals surface area contributed by atoms with Crippen molar-refractivity contribution in [2.75, 3.05) is 16.7 Å². The first kappa shape index (κ1) is 21.8. The van der Waals surface area contributed by atoms with E-state index in [0.29, 0.717) is 5.69 Å². The number of rotatable bonds is 6. The Hall–Kier alpha value is -2.90. The molecule has 0 aliphatic heterocycles. The normalized spacial score (nSPS) is 11.2. The Labute approximate surface area is 180 Å². The van der Waals surface area contributed by atoms with Crippen LogP contribution >= 0.6 is 11.6 Å². The minimum absolute atomic E-state index is 0.0344. The second kappa shape index (κ2) is 8.85. The maximum atomic E-state index is 13.2. The summed E-state index contributed by atoms with van der Waals surface area (Å²) in [5, 5.41) is 2.87. The first-order chi connectivity index (χ1) is 14.2. The van der Waals surface area contributed by atoms with Gasteiger partial charge >= 0.3 is 0 Å². The fraction of sp³-hybridized carbons (Fsp3) is 0.136. The molecule has 1 N–H and O–H groups in total. The Morgan fingerprint density at radius 3 is 2.43 bits per heavy atom. The molecule has 3 aromatic carbocycles. The number of anilines is 2. The lowest BCUT2D eigenvalue weighted by Gasteiger charge is -2.20. The van der Waals surface area contributed by atoms with Crippen LogP contribution in [0.4, 0.5) is 15.8 Å². The fourth-order valence-electron chi connectivity index (χ4n) is 2.85. The average Bonchev–Trinajstić information content (AvgIpc) is 2.74. The Bertz CT molecular complexity index is 1180. The van der Waals surface area contributed by atoms with E-state index in [1.54, 1.807) is 6.07 Å². The Balaban J connectivity index is 1.91. The maximum absolute atomic E-state index is 13.2. The molecular weight excluding hydrogens is 427 g/mol. The lowest BCUT2D eigenvalue weighted by atomic mass is 10.1. The lowest BCUT2D eigenvalue weighted by Crippen LogP contribution is -2.27. The maximum Gasteiger partial charge on any atom is 0.264 e. The van der Waals surface area contributed by atoms with Crippen molar-refractivity contribution in [3.05, 3.63) is 88.7 Å². The number of halogens is 2. The Morgan fingerprint density at radius 2 is 1.77 bits per heavy atom. The molecule has 156 valence electrons. The number of carbonyl (C=O) groups is 1. The summed E-state index contributed by atoms with van der Waals surface area (Å²) < 4.78 is 40.2. The third kappa shape index (κ3) is 4.63. The number of nitrogens with zero attached hydrogens (tertiary/aromatic N) is 1. The summed E-state index contributed by atoms with van der Waals surface area (Å²) >= 11 is 6.17. The summed E-state index contributed by atoms with van der Waals surface area (Å²) in [6, 6.07) is 16.3. The van der Waals surface area contributed by atoms with Crippen molar-refractivity contribution in [3.63, 3.8) is 0 Å². The van der Waals surface area contributed by atoms with E-state index in [1.807, 2.05) is 25.1 Å². The van der Waals surface area contributed by atoms with Gasteiger partial charge in [0.2, 0.25) is 0 Å². The van der Waals surface area contributed by atoms with Crippen molar-refractivity contribution in [2.45, 2.75) is 18.2 Å². The number of nitrogens with one attached hydrogen (secondary N) is 1. The van der Waals surface area contributed by atoms with Gasteiger partial charge in [0.1, 0.15) is 5.82 Å². The number of sulfonamides is 1. The molecule has 0 saturated carbocycles. The van der Waals surface area contributed by atoms with Gasteiger partial charge in [-0.3, -0.25) is 9.10 Å². The summed E-state index contributed by atoms with van der Waals surface area (Å²) in [6.45, 7) is 2.00. The molecule has 30 heavy (non-hydrogen) atoms. The number of aryl methyl sites for hydroxylation is 1. The van der Waals surface area contributed by atoms with Gasteiger partial charge < -0.3 is 5.32 Å². The summed E-state index contributed by atoms with van der Waals surface area (Å²) in [5.41, 5.74) is 1.96. The van der Waals surface area contributed by atoms with Crippen LogP contribution in [0.5, 0.6) is 0 Å². The van der Waals surface area contributed by atoms with Gasteiger partial charge in [-0.2, -0.15) is 0 Å². The fourth-order valence-corrected chi connectivity index (χ4v) is 4.28. The standard InChI is InChI=1S/C22H20ClFN2O3S/c1-3-15-5-4-6-17(13-15)25-22(27)20-14-19(11-12-21(20)23)30(28,29)26(2)18-9-7-16(24)8-10-18/h4-14H,3H2,1-2H3,(H,25,27). The topological polar surface area (TPSA) is 66.5 Å². The highest BCUT2D eigenvalue weighted by Crippen LogP contribution is 2.26. The second-order valence-corrected chi connectivity index (χ2v) is 8.98. The summed E-state index contributed by atoms with van der Waals surface area (Å²) in [4.78, 5) is 12.6. The molecule has 0 aliphatic rings. The highest BCUT2D eigenvalue weighted by atomic mass is 35.5. The lowest BCUT2D eigenvalue weighted by molar-refractivity contribution is 0.102. The van der Waals surface area contributed by atoms with Gasteiger partial charge in [0, 0.05) is 12.7 Å². The van der Waals surface area contributed by atoms with E-state index >= 15 is 0 Å². The van der Waals surface area contributed by atoms with Gasteiger partial charge in [0.05, 0.1) is 21.2 Å². The molecule has 0 aliphatic carbocycles. The number of benzene rings is 3. The van der Waals surface area contributed by atoms with Gasteiger partial charge in [0.15, 0.2) is 0 Å². The molecule has 0 fully saturated rings. The van der Waals surface area contributed by atoms with Crippen LogP contribution in [0.2, 0.25) is 5.02 Å². The van der Waals surface area contributed by atoms with Gasteiger partial charge in [-0.25, -0.2) is 12.8 Å². The third-order valence-electron chi connectivity index (χ3n) is 4.62. The van der Waals surface area contributed by atoms with E-state index in [9.17, 15) is 17.6 Å². The summed E-state index contributed by atoms with van der Waals surface area (Å²) in [7, 11) is -2.63. The van der Waals surface area contributed by atoms with Crippen LogP contribution in [0.25, 0.3) is 0 Å². The molecular formula is C22H20ClFN2O3S. The highest BCUT2D eigenvalue weighted by molar-refractivity contribution is 7.92. The van der Waals surface area contributed by atoms with Crippen molar-refractivity contribution in [3.8, 4) is 0 Å². The molecule has 8 heteroatoms. The van der Waals surface area contributed by atoms with E-state index < -0.39 is 21.7 Å².